The smallest absolute Gasteiger partial charge is 0.379 e. The van der Waals surface area contributed by atoms with Crippen molar-refractivity contribution in [2.45, 2.75) is 58.3 Å². The Hall–Kier alpha value is -4.64. The monoisotopic (exact) mass is 694 g/mol. The Labute approximate surface area is 279 Å². The van der Waals surface area contributed by atoms with Crippen LogP contribution >= 0.6 is 11.6 Å². The van der Waals surface area contributed by atoms with Crippen molar-refractivity contribution >= 4 is 40.4 Å². The molecular weight excluding hydrogens is 657 g/mol. The number of anilines is 2. The van der Waals surface area contributed by atoms with Crippen LogP contribution in [0.1, 0.15) is 56.2 Å². The first-order chi connectivity index (χ1) is 22.9. The number of nitrogens with zero attached hydrogens (tertiary/aromatic N) is 6. The fourth-order valence-electron chi connectivity index (χ4n) is 4.83. The van der Waals surface area contributed by atoms with E-state index in [0.717, 1.165) is 22.4 Å². The van der Waals surface area contributed by atoms with Crippen molar-refractivity contribution in [1.29, 1.82) is 0 Å². The lowest BCUT2D eigenvalue weighted by Crippen LogP contribution is -2.33. The first-order valence-corrected chi connectivity index (χ1v) is 15.7. The number of alkyl halides is 3. The number of carbonyl (C=O) groups excluding carboxylic acids is 2. The molecule has 4 N–H and O–H groups in total. The Balaban J connectivity index is 1.55. The number of aromatic amines is 1. The molecule has 0 aliphatic carbocycles. The summed E-state index contributed by atoms with van der Waals surface area (Å²) in [5, 5.41) is 20.0. The number of aryl methyl sites for hydroxylation is 2. The Morgan fingerprint density at radius 1 is 1.21 bits per heavy atom. The van der Waals surface area contributed by atoms with Gasteiger partial charge in [-0.05, 0) is 56.4 Å². The van der Waals surface area contributed by atoms with Gasteiger partial charge in [-0.3, -0.25) is 24.2 Å². The molecule has 2 aromatic heterocycles. The van der Waals surface area contributed by atoms with Crippen LogP contribution in [-0.4, -0.2) is 72.4 Å². The van der Waals surface area contributed by atoms with E-state index in [1.807, 2.05) is 13.0 Å². The molecular formula is C30H38ClF3N10O4. The summed E-state index contributed by atoms with van der Waals surface area (Å²) < 4.78 is 48.9. The maximum atomic E-state index is 14.0. The van der Waals surface area contributed by atoms with Crippen LogP contribution in [0.5, 0.6) is 0 Å². The average molecular weight is 695 g/mol. The lowest BCUT2D eigenvalue weighted by Gasteiger charge is -2.18. The third kappa shape index (κ3) is 9.47. The van der Waals surface area contributed by atoms with Crippen LogP contribution in [0.3, 0.4) is 0 Å². The summed E-state index contributed by atoms with van der Waals surface area (Å²) in [7, 11) is 1.74. The van der Waals surface area contributed by atoms with Crippen molar-refractivity contribution in [3.63, 3.8) is 0 Å². The number of aromatic nitrogens is 7. The van der Waals surface area contributed by atoms with E-state index < -0.39 is 35.8 Å². The Morgan fingerprint density at radius 2 is 1.98 bits per heavy atom. The maximum Gasteiger partial charge on any atom is 0.416 e. The van der Waals surface area contributed by atoms with Crippen LogP contribution in [0.25, 0.3) is 5.57 Å². The fraction of sp³-hybridized carbons (Fsp3) is 0.467. The molecule has 0 saturated heterocycles. The highest BCUT2D eigenvalue weighted by Gasteiger charge is 2.31. The van der Waals surface area contributed by atoms with Crippen LogP contribution < -0.4 is 21.5 Å². The number of H-pyrrole nitrogens is 1. The van der Waals surface area contributed by atoms with Crippen LogP contribution in [0.4, 0.5) is 24.5 Å². The molecule has 0 spiro atoms. The van der Waals surface area contributed by atoms with Gasteiger partial charge in [0, 0.05) is 20.1 Å². The molecule has 0 fully saturated rings. The first-order valence-electron chi connectivity index (χ1n) is 15.3. The van der Waals surface area contributed by atoms with Gasteiger partial charge in [0.05, 0.1) is 35.2 Å². The molecule has 1 aromatic carbocycles. The van der Waals surface area contributed by atoms with Crippen molar-refractivity contribution in [2.24, 2.45) is 7.05 Å². The number of hydrogen-bond acceptors (Lipinski definition) is 8. The molecule has 3 aromatic rings. The highest BCUT2D eigenvalue weighted by Crippen LogP contribution is 2.33. The van der Waals surface area contributed by atoms with E-state index in [1.54, 1.807) is 18.7 Å². The van der Waals surface area contributed by atoms with Crippen molar-refractivity contribution in [2.75, 3.05) is 36.9 Å². The topological polar surface area (TPSA) is 166 Å². The standard InChI is InChI=1S/C30H38ClF3N10O4/c1-4-23-26(36-11-5-6-12-37-28(46)19(2)44-18-35-17-38-44)29(47)43(41-27(42(3)40-23)20-9-13-48-14-10-20)16-25(45)39-24-8-7-21(15-22(24)31)30(32,33)34/h7-9,15,17-19,36,40H,4-6,10-14,16H2,1-3H3,(H,37,46)(H,39,45). The highest BCUT2D eigenvalue weighted by molar-refractivity contribution is 6.33. The largest absolute Gasteiger partial charge is 0.416 e. The van der Waals surface area contributed by atoms with E-state index in [4.69, 9.17) is 16.3 Å². The summed E-state index contributed by atoms with van der Waals surface area (Å²) in [5.74, 6) is -0.530. The predicted molar refractivity (Wildman–Crippen MR) is 173 cm³/mol. The van der Waals surface area contributed by atoms with Gasteiger partial charge >= 0.3 is 6.18 Å². The fourth-order valence-corrected chi connectivity index (χ4v) is 5.06. The number of hydrogen-bond donors (Lipinski definition) is 4. The van der Waals surface area contributed by atoms with E-state index in [2.05, 4.69) is 36.2 Å². The maximum absolute atomic E-state index is 14.0. The number of amides is 2. The zero-order valence-electron chi connectivity index (χ0n) is 26.7. The summed E-state index contributed by atoms with van der Waals surface area (Å²) >= 11 is 6.05. The van der Waals surface area contributed by atoms with Gasteiger partial charge in [-0.2, -0.15) is 18.3 Å². The number of rotatable bonds is 13. The van der Waals surface area contributed by atoms with E-state index in [1.165, 1.54) is 17.3 Å². The number of benzene rings is 1. The summed E-state index contributed by atoms with van der Waals surface area (Å²) in [6, 6.07) is 2.06. The molecule has 18 heteroatoms. The van der Waals surface area contributed by atoms with E-state index >= 15 is 0 Å². The van der Waals surface area contributed by atoms with Crippen molar-refractivity contribution in [1.82, 2.24) is 39.6 Å². The average Bonchev–Trinajstić information content (AvgIpc) is 3.60. The normalized spacial score (nSPS) is 13.8. The molecule has 0 bridgehead atoms. The molecule has 3 heterocycles. The molecule has 1 aliphatic heterocycles. The quantitative estimate of drug-likeness (QED) is 0.196. The molecule has 260 valence electrons. The van der Waals surface area contributed by atoms with Crippen molar-refractivity contribution < 1.29 is 27.5 Å². The Morgan fingerprint density at radius 3 is 2.62 bits per heavy atom. The summed E-state index contributed by atoms with van der Waals surface area (Å²) in [4.78, 5) is 43.5. The van der Waals surface area contributed by atoms with Crippen LogP contribution in [0, 0.1) is 0 Å². The number of carbonyl (C=O) groups is 2. The number of unbranched alkanes of at least 4 members (excludes halogenated alkanes) is 1. The van der Waals surface area contributed by atoms with Gasteiger partial charge in [-0.25, -0.2) is 14.3 Å². The van der Waals surface area contributed by atoms with Crippen molar-refractivity contribution in [3.05, 3.63) is 69.4 Å². The molecule has 1 aliphatic rings. The minimum absolute atomic E-state index is 0.0461. The van der Waals surface area contributed by atoms with Crippen LogP contribution in [0.15, 0.2) is 41.7 Å². The van der Waals surface area contributed by atoms with Gasteiger partial charge in [0.25, 0.3) is 5.56 Å². The molecule has 1 unspecified atom stereocenters. The molecule has 14 nitrogen and oxygen atoms in total. The molecule has 4 rings (SSSR count). The number of halogens is 4. The highest BCUT2D eigenvalue weighted by atomic mass is 35.5. The minimum Gasteiger partial charge on any atom is -0.379 e. The SMILES string of the molecule is CCc1[nH]n(C)c(C2=CCOCC2)nn(CC(=O)Nc2ccc(C(F)(F)F)cc2Cl)c(=O)c1NCCCCNC(=O)C(C)n1cncn1. The zero-order valence-corrected chi connectivity index (χ0v) is 27.5. The lowest BCUT2D eigenvalue weighted by molar-refractivity contribution is -0.137. The Bertz CT molecular complexity index is 1730. The van der Waals surface area contributed by atoms with E-state index in [9.17, 15) is 27.6 Å². The third-order valence-electron chi connectivity index (χ3n) is 7.47. The van der Waals surface area contributed by atoms with Gasteiger partial charge in [0.1, 0.15) is 30.9 Å². The minimum atomic E-state index is -4.61. The second kappa shape index (κ2) is 16.5. The van der Waals surface area contributed by atoms with Crippen LogP contribution in [0.2, 0.25) is 5.02 Å². The Kier molecular flexibility index (Phi) is 12.4. The lowest BCUT2D eigenvalue weighted by atomic mass is 10.1. The van der Waals surface area contributed by atoms with Gasteiger partial charge in [-0.15, -0.1) is 5.10 Å². The molecule has 48 heavy (non-hydrogen) atoms. The molecule has 2 amide bonds. The summed E-state index contributed by atoms with van der Waals surface area (Å²) in [5.41, 5.74) is -0.0645. The predicted octanol–water partition coefficient (Wildman–Crippen LogP) is 3.87. The summed E-state index contributed by atoms with van der Waals surface area (Å²) in [6.45, 7) is 4.59. The molecule has 0 radical (unpaired) electrons. The third-order valence-corrected chi connectivity index (χ3v) is 7.78. The van der Waals surface area contributed by atoms with Crippen LogP contribution in [-0.2, 0) is 40.5 Å². The van der Waals surface area contributed by atoms with E-state index in [-0.39, 0.29) is 22.3 Å². The first kappa shape index (κ1) is 36.2. The van der Waals surface area contributed by atoms with Gasteiger partial charge < -0.3 is 20.7 Å². The number of nitrogens with one attached hydrogen (secondary N) is 4. The number of ether oxygens (including phenoxy) is 1. The molecule has 0 saturated carbocycles. The van der Waals surface area contributed by atoms with Gasteiger partial charge in [0.15, 0.2) is 5.82 Å². The second-order valence-electron chi connectivity index (χ2n) is 10.9. The zero-order chi connectivity index (χ0) is 34.8. The second-order valence-corrected chi connectivity index (χ2v) is 11.3. The van der Waals surface area contributed by atoms with Crippen molar-refractivity contribution in [3.8, 4) is 0 Å². The summed E-state index contributed by atoms with van der Waals surface area (Å²) in [6.07, 6.45) is 2.20. The van der Waals surface area contributed by atoms with Gasteiger partial charge in [-0.1, -0.05) is 24.6 Å². The van der Waals surface area contributed by atoms with E-state index in [0.29, 0.717) is 69.6 Å². The van der Waals surface area contributed by atoms with Gasteiger partial charge in [0.2, 0.25) is 11.8 Å². The molecule has 1 atom stereocenters.